The van der Waals surface area contributed by atoms with Gasteiger partial charge < -0.3 is 10.1 Å². The van der Waals surface area contributed by atoms with Crippen LogP contribution >= 0.6 is 11.6 Å². The van der Waals surface area contributed by atoms with Crippen molar-refractivity contribution in [2.45, 2.75) is 32.2 Å². The zero-order valence-electron chi connectivity index (χ0n) is 13.3. The molecule has 5 nitrogen and oxygen atoms in total. The van der Waals surface area contributed by atoms with Gasteiger partial charge in [-0.1, -0.05) is 23.7 Å². The molecule has 1 aromatic heterocycles. The normalized spacial score (nSPS) is 17.0. The van der Waals surface area contributed by atoms with Crippen molar-refractivity contribution in [1.29, 1.82) is 0 Å². The summed E-state index contributed by atoms with van der Waals surface area (Å²) in [6.07, 6.45) is 3.23. The number of amides is 1. The van der Waals surface area contributed by atoms with E-state index < -0.39 is 0 Å². The van der Waals surface area contributed by atoms with Crippen LogP contribution in [0.3, 0.4) is 0 Å². The first-order valence-electron chi connectivity index (χ1n) is 7.70. The Kier molecular flexibility index (Phi) is 4.41. The Bertz CT molecular complexity index is 720. The first-order valence-corrected chi connectivity index (χ1v) is 8.08. The van der Waals surface area contributed by atoms with E-state index in [-0.39, 0.29) is 11.4 Å². The monoisotopic (exact) mass is 333 g/mol. The zero-order valence-corrected chi connectivity index (χ0v) is 14.1. The molecule has 1 amide bonds. The van der Waals surface area contributed by atoms with Gasteiger partial charge in [0.2, 0.25) is 0 Å². The van der Waals surface area contributed by atoms with Crippen LogP contribution in [0.15, 0.2) is 30.5 Å². The molecule has 0 spiro atoms. The lowest BCUT2D eigenvalue weighted by Gasteiger charge is -2.34. The smallest absolute Gasteiger partial charge is 0.255 e. The second-order valence-electron chi connectivity index (χ2n) is 6.13. The van der Waals surface area contributed by atoms with Crippen molar-refractivity contribution in [2.24, 2.45) is 0 Å². The zero-order chi connectivity index (χ0) is 16.4. The van der Waals surface area contributed by atoms with Crippen molar-refractivity contribution in [3.8, 4) is 5.69 Å². The summed E-state index contributed by atoms with van der Waals surface area (Å²) in [5, 5.41) is 8.06. The number of para-hydroxylation sites is 1. The van der Waals surface area contributed by atoms with Crippen molar-refractivity contribution < 1.29 is 9.53 Å². The van der Waals surface area contributed by atoms with Crippen molar-refractivity contribution in [3.05, 3.63) is 46.7 Å². The van der Waals surface area contributed by atoms with Gasteiger partial charge in [0.15, 0.2) is 0 Å². The van der Waals surface area contributed by atoms with E-state index in [1.807, 2.05) is 25.1 Å². The maximum absolute atomic E-state index is 12.6. The molecule has 1 aliphatic heterocycles. The molecule has 1 aromatic carbocycles. The van der Waals surface area contributed by atoms with Gasteiger partial charge in [0, 0.05) is 18.8 Å². The molecule has 0 radical (unpaired) electrons. The third-order valence-electron chi connectivity index (χ3n) is 4.35. The molecule has 6 heteroatoms. The Balaban J connectivity index is 1.84. The second-order valence-corrected chi connectivity index (χ2v) is 6.54. The Morgan fingerprint density at radius 1 is 1.35 bits per heavy atom. The van der Waals surface area contributed by atoms with Gasteiger partial charge in [-0.2, -0.15) is 5.10 Å². The minimum Gasteiger partial charge on any atom is -0.381 e. The molecule has 0 bridgehead atoms. The molecule has 1 saturated heterocycles. The van der Waals surface area contributed by atoms with E-state index in [1.165, 1.54) is 0 Å². The largest absolute Gasteiger partial charge is 0.381 e. The van der Waals surface area contributed by atoms with Gasteiger partial charge in [0.1, 0.15) is 0 Å². The third kappa shape index (κ3) is 3.26. The van der Waals surface area contributed by atoms with Crippen molar-refractivity contribution in [1.82, 2.24) is 15.1 Å². The molecule has 1 aliphatic rings. The van der Waals surface area contributed by atoms with Crippen LogP contribution in [-0.2, 0) is 4.74 Å². The number of hydrogen-bond acceptors (Lipinski definition) is 3. The number of carbonyl (C=O) groups excluding carboxylic acids is 1. The number of nitrogens with one attached hydrogen (secondary N) is 1. The van der Waals surface area contributed by atoms with Crippen LogP contribution in [0.1, 0.15) is 35.8 Å². The van der Waals surface area contributed by atoms with Crippen LogP contribution in [0, 0.1) is 6.92 Å². The second kappa shape index (κ2) is 6.34. The molecule has 2 heterocycles. The van der Waals surface area contributed by atoms with E-state index in [2.05, 4.69) is 17.3 Å². The third-order valence-corrected chi connectivity index (χ3v) is 4.67. The molecule has 0 atom stereocenters. The van der Waals surface area contributed by atoms with Gasteiger partial charge in [-0.3, -0.25) is 4.79 Å². The van der Waals surface area contributed by atoms with Gasteiger partial charge >= 0.3 is 0 Å². The number of aromatic nitrogens is 2. The highest BCUT2D eigenvalue weighted by Gasteiger charge is 2.30. The highest BCUT2D eigenvalue weighted by atomic mass is 35.5. The van der Waals surface area contributed by atoms with E-state index in [1.54, 1.807) is 16.9 Å². The molecule has 1 fully saturated rings. The molecule has 0 aliphatic carbocycles. The van der Waals surface area contributed by atoms with E-state index >= 15 is 0 Å². The summed E-state index contributed by atoms with van der Waals surface area (Å²) in [6.45, 7) is 5.28. The van der Waals surface area contributed by atoms with Crippen LogP contribution in [-0.4, -0.2) is 34.4 Å². The molecule has 0 saturated carbocycles. The van der Waals surface area contributed by atoms with Crippen LogP contribution in [0.25, 0.3) is 5.69 Å². The first kappa shape index (κ1) is 16.0. The fourth-order valence-electron chi connectivity index (χ4n) is 2.79. The van der Waals surface area contributed by atoms with Gasteiger partial charge in [-0.05, 0) is 38.8 Å². The Hall–Kier alpha value is -1.85. The highest BCUT2D eigenvalue weighted by molar-refractivity contribution is 6.32. The summed E-state index contributed by atoms with van der Waals surface area (Å²) in [6, 6.07) is 7.44. The van der Waals surface area contributed by atoms with Crippen LogP contribution in [0.4, 0.5) is 0 Å². The Morgan fingerprint density at radius 3 is 2.74 bits per heavy atom. The molecule has 2 aromatic rings. The first-order chi connectivity index (χ1) is 11.0. The highest BCUT2D eigenvalue weighted by Crippen LogP contribution is 2.24. The molecule has 122 valence electrons. The quantitative estimate of drug-likeness (QED) is 0.938. The van der Waals surface area contributed by atoms with Gasteiger partial charge in [-0.25, -0.2) is 4.68 Å². The maximum Gasteiger partial charge on any atom is 0.255 e. The number of hydrogen-bond donors (Lipinski definition) is 1. The molecule has 1 N–H and O–H groups in total. The van der Waals surface area contributed by atoms with E-state index in [0.29, 0.717) is 23.8 Å². The predicted molar refractivity (Wildman–Crippen MR) is 89.2 cm³/mol. The maximum atomic E-state index is 12.6. The minimum absolute atomic E-state index is 0.106. The average Bonchev–Trinajstić information content (AvgIpc) is 2.90. The summed E-state index contributed by atoms with van der Waals surface area (Å²) < 4.78 is 7.07. The number of benzene rings is 1. The fraction of sp³-hybridized carbons (Fsp3) is 0.412. The summed E-state index contributed by atoms with van der Waals surface area (Å²) >= 11 is 6.22. The van der Waals surface area contributed by atoms with Crippen LogP contribution < -0.4 is 5.32 Å². The topological polar surface area (TPSA) is 56.1 Å². The molecule has 23 heavy (non-hydrogen) atoms. The van der Waals surface area contributed by atoms with Crippen LogP contribution in [0.5, 0.6) is 0 Å². The average molecular weight is 334 g/mol. The minimum atomic E-state index is -0.228. The SMILES string of the molecule is Cc1c(C(=O)NC2(C)CCOCC2)cnn1-c1ccccc1Cl. The predicted octanol–water partition coefficient (Wildman–Crippen LogP) is 3.13. The van der Waals surface area contributed by atoms with Crippen molar-refractivity contribution in [2.75, 3.05) is 13.2 Å². The summed E-state index contributed by atoms with van der Waals surface area (Å²) in [4.78, 5) is 12.6. The van der Waals surface area contributed by atoms with E-state index in [9.17, 15) is 4.79 Å². The van der Waals surface area contributed by atoms with Gasteiger partial charge in [0.05, 0.1) is 28.2 Å². The number of halogens is 1. The van der Waals surface area contributed by atoms with Crippen LogP contribution in [0.2, 0.25) is 5.02 Å². The molecule has 0 unspecified atom stereocenters. The molecular weight excluding hydrogens is 314 g/mol. The lowest BCUT2D eigenvalue weighted by molar-refractivity contribution is 0.0422. The van der Waals surface area contributed by atoms with E-state index in [0.717, 1.165) is 24.2 Å². The molecule has 3 rings (SSSR count). The van der Waals surface area contributed by atoms with Crippen molar-refractivity contribution >= 4 is 17.5 Å². The summed E-state index contributed by atoms with van der Waals surface area (Å²) in [7, 11) is 0. The van der Waals surface area contributed by atoms with Crippen molar-refractivity contribution in [3.63, 3.8) is 0 Å². The molecular formula is C17H20ClN3O2. The van der Waals surface area contributed by atoms with E-state index in [4.69, 9.17) is 16.3 Å². The lowest BCUT2D eigenvalue weighted by Crippen LogP contribution is -2.49. The fourth-order valence-corrected chi connectivity index (χ4v) is 3.00. The Morgan fingerprint density at radius 2 is 2.04 bits per heavy atom. The Labute approximate surface area is 140 Å². The standard InChI is InChI=1S/C17H20ClN3O2/c1-12-13(16(22)20-17(2)7-9-23-10-8-17)11-19-21(12)15-6-4-3-5-14(15)18/h3-6,11H,7-10H2,1-2H3,(H,20,22). The number of ether oxygens (including phenoxy) is 1. The summed E-state index contributed by atoms with van der Waals surface area (Å²) in [5.74, 6) is -0.106. The number of nitrogens with zero attached hydrogens (tertiary/aromatic N) is 2. The van der Waals surface area contributed by atoms with Gasteiger partial charge in [0.25, 0.3) is 5.91 Å². The number of carbonyl (C=O) groups is 1. The lowest BCUT2D eigenvalue weighted by atomic mass is 9.92. The van der Waals surface area contributed by atoms with Gasteiger partial charge in [-0.15, -0.1) is 0 Å². The summed E-state index contributed by atoms with van der Waals surface area (Å²) in [5.41, 5.74) is 1.88. The number of rotatable bonds is 3.